The number of nitro groups is 1. The maximum absolute atomic E-state index is 14.9. The van der Waals surface area contributed by atoms with Gasteiger partial charge in [-0.3, -0.25) is 10.1 Å². The molecule has 0 unspecified atom stereocenters. The number of hydrogen-bond donors (Lipinski definition) is 1. The molecule has 1 N–H and O–H groups in total. The Morgan fingerprint density at radius 3 is 2.71 bits per heavy atom. The molecule has 3 heterocycles. The Morgan fingerprint density at radius 2 is 2.00 bits per heavy atom. The van der Waals surface area contributed by atoms with Gasteiger partial charge in [-0.05, 0) is 43.2 Å². The zero-order chi connectivity index (χ0) is 21.4. The van der Waals surface area contributed by atoms with Crippen molar-refractivity contribution in [3.63, 3.8) is 0 Å². The van der Waals surface area contributed by atoms with Gasteiger partial charge in [0.05, 0.1) is 30.5 Å². The molecule has 1 aliphatic heterocycles. The van der Waals surface area contributed by atoms with E-state index in [-0.39, 0.29) is 11.7 Å². The summed E-state index contributed by atoms with van der Waals surface area (Å²) in [6, 6.07) is 6.34. The number of anilines is 2. The van der Waals surface area contributed by atoms with Gasteiger partial charge in [-0.15, -0.1) is 0 Å². The Bertz CT molecular complexity index is 1170. The number of fused-ring (bicyclic) bond motifs is 1. The number of ether oxygens (including phenoxy) is 1. The van der Waals surface area contributed by atoms with Gasteiger partial charge in [-0.1, -0.05) is 0 Å². The van der Waals surface area contributed by atoms with Gasteiger partial charge < -0.3 is 19.4 Å². The molecule has 1 aliphatic carbocycles. The highest BCUT2D eigenvalue weighted by Gasteiger charge is 2.24. The maximum atomic E-state index is 14.9. The summed E-state index contributed by atoms with van der Waals surface area (Å²) in [7, 11) is 0. The van der Waals surface area contributed by atoms with Crippen LogP contribution in [0.4, 0.5) is 21.8 Å². The number of nitrogens with one attached hydrogen (secondary N) is 1. The van der Waals surface area contributed by atoms with Gasteiger partial charge in [0, 0.05) is 24.5 Å². The molecule has 1 saturated heterocycles. The molecule has 2 aromatic heterocycles. The van der Waals surface area contributed by atoms with Gasteiger partial charge >= 0.3 is 5.88 Å². The molecule has 0 spiro atoms. The van der Waals surface area contributed by atoms with Crippen molar-refractivity contribution in [3.8, 4) is 0 Å². The van der Waals surface area contributed by atoms with E-state index in [1.165, 1.54) is 18.2 Å². The van der Waals surface area contributed by atoms with Crippen molar-refractivity contribution >= 4 is 40.4 Å². The van der Waals surface area contributed by atoms with Crippen molar-refractivity contribution in [3.05, 3.63) is 51.8 Å². The molecule has 1 saturated carbocycles. The van der Waals surface area contributed by atoms with Gasteiger partial charge in [-0.25, -0.2) is 14.4 Å². The van der Waals surface area contributed by atoms with E-state index in [0.717, 1.165) is 12.8 Å². The van der Waals surface area contributed by atoms with Crippen molar-refractivity contribution in [1.29, 1.82) is 0 Å². The summed E-state index contributed by atoms with van der Waals surface area (Å²) >= 11 is 0. The summed E-state index contributed by atoms with van der Waals surface area (Å²) in [5, 5.41) is 14.8. The van der Waals surface area contributed by atoms with Crippen LogP contribution in [0.5, 0.6) is 0 Å². The number of benzene rings is 1. The second-order valence-electron chi connectivity index (χ2n) is 7.54. The summed E-state index contributed by atoms with van der Waals surface area (Å²) < 4.78 is 25.4. The minimum absolute atomic E-state index is 0.317. The van der Waals surface area contributed by atoms with Gasteiger partial charge in [0.25, 0.3) is 0 Å². The second-order valence-corrected chi connectivity index (χ2v) is 7.54. The first-order valence-electron chi connectivity index (χ1n) is 10.1. The van der Waals surface area contributed by atoms with E-state index in [0.29, 0.717) is 66.3 Å². The van der Waals surface area contributed by atoms with Crippen LogP contribution in [0.25, 0.3) is 23.1 Å². The summed E-state index contributed by atoms with van der Waals surface area (Å²) in [5.41, 5.74) is 1.11. The highest BCUT2D eigenvalue weighted by atomic mass is 19.1. The Labute approximate surface area is 176 Å². The topological polar surface area (TPSA) is 107 Å². The van der Waals surface area contributed by atoms with Crippen molar-refractivity contribution in [2.75, 3.05) is 36.5 Å². The van der Waals surface area contributed by atoms with Gasteiger partial charge in [0.2, 0.25) is 0 Å². The minimum Gasteiger partial charge on any atom is -0.401 e. The molecule has 9 nitrogen and oxygen atoms in total. The standard InChI is InChI=1S/C21H20FN5O4/c22-16-11-15-17(12-18(16)26-7-9-30-10-8-26)24-19(25-21(15)23-13-1-2-13)5-3-14-4-6-20(31-14)27(28)29/h3-6,11-13H,1-2,7-10H2,(H,23,24,25). The van der Waals surface area contributed by atoms with E-state index >= 15 is 0 Å². The number of aromatic nitrogens is 2. The monoisotopic (exact) mass is 425 g/mol. The summed E-state index contributed by atoms with van der Waals surface area (Å²) in [6.07, 6.45) is 5.28. The van der Waals surface area contributed by atoms with E-state index in [1.54, 1.807) is 18.2 Å². The molecule has 0 amide bonds. The number of rotatable bonds is 6. The van der Waals surface area contributed by atoms with E-state index in [4.69, 9.17) is 9.15 Å². The molecule has 3 aromatic rings. The average Bonchev–Trinajstić information content (AvgIpc) is 3.45. The van der Waals surface area contributed by atoms with Crippen LogP contribution in [0.3, 0.4) is 0 Å². The first kappa shape index (κ1) is 19.4. The summed E-state index contributed by atoms with van der Waals surface area (Å²) in [4.78, 5) is 21.3. The molecule has 0 radical (unpaired) electrons. The maximum Gasteiger partial charge on any atom is 0.433 e. The van der Waals surface area contributed by atoms with Gasteiger partial charge in [-0.2, -0.15) is 0 Å². The minimum atomic E-state index is -0.594. The Kier molecular flexibility index (Phi) is 4.99. The molecule has 10 heteroatoms. The number of hydrogen-bond acceptors (Lipinski definition) is 8. The van der Waals surface area contributed by atoms with E-state index in [2.05, 4.69) is 15.3 Å². The fraction of sp³-hybridized carbons (Fsp3) is 0.333. The Balaban J connectivity index is 1.53. The van der Waals surface area contributed by atoms with Crippen molar-refractivity contribution < 1.29 is 18.5 Å². The van der Waals surface area contributed by atoms with Crippen LogP contribution in [0, 0.1) is 15.9 Å². The molecular formula is C21H20FN5O4. The Hall–Kier alpha value is -3.53. The van der Waals surface area contributed by atoms with Crippen LogP contribution >= 0.6 is 0 Å². The van der Waals surface area contributed by atoms with Crippen LogP contribution < -0.4 is 10.2 Å². The van der Waals surface area contributed by atoms with Crippen LogP contribution in [-0.2, 0) is 4.74 Å². The molecule has 0 bridgehead atoms. The van der Waals surface area contributed by atoms with Gasteiger partial charge in [0.1, 0.15) is 22.3 Å². The molecule has 5 rings (SSSR count). The predicted molar refractivity (Wildman–Crippen MR) is 113 cm³/mol. The zero-order valence-electron chi connectivity index (χ0n) is 16.6. The predicted octanol–water partition coefficient (Wildman–Crippen LogP) is 3.85. The average molecular weight is 425 g/mol. The zero-order valence-corrected chi connectivity index (χ0v) is 16.6. The highest BCUT2D eigenvalue weighted by molar-refractivity contribution is 5.92. The quantitative estimate of drug-likeness (QED) is 0.469. The van der Waals surface area contributed by atoms with Crippen LogP contribution in [0.15, 0.2) is 28.7 Å². The number of morpholine rings is 1. The normalized spacial score (nSPS) is 16.9. The van der Waals surface area contributed by atoms with Crippen molar-refractivity contribution in [2.45, 2.75) is 18.9 Å². The molecule has 2 aliphatic rings. The SMILES string of the molecule is O=[N+]([O-])c1ccc(C=Cc2nc(NC3CC3)c3cc(F)c(N4CCOCC4)cc3n2)o1. The lowest BCUT2D eigenvalue weighted by Crippen LogP contribution is -2.36. The van der Waals surface area contributed by atoms with Crippen LogP contribution in [0.2, 0.25) is 0 Å². The van der Waals surface area contributed by atoms with Gasteiger partial charge in [0.15, 0.2) is 5.82 Å². The molecule has 0 atom stereocenters. The third-order valence-corrected chi connectivity index (χ3v) is 5.24. The number of nitrogens with zero attached hydrogens (tertiary/aromatic N) is 4. The van der Waals surface area contributed by atoms with E-state index < -0.39 is 4.92 Å². The molecule has 160 valence electrons. The van der Waals surface area contributed by atoms with Crippen molar-refractivity contribution in [1.82, 2.24) is 9.97 Å². The fourth-order valence-electron chi connectivity index (χ4n) is 3.49. The first-order valence-corrected chi connectivity index (χ1v) is 10.1. The second kappa shape index (κ2) is 7.95. The third-order valence-electron chi connectivity index (χ3n) is 5.24. The molecule has 1 aromatic carbocycles. The number of halogens is 1. The third kappa shape index (κ3) is 4.19. The first-order chi connectivity index (χ1) is 15.1. The van der Waals surface area contributed by atoms with Crippen LogP contribution in [0.1, 0.15) is 24.4 Å². The lowest BCUT2D eigenvalue weighted by Gasteiger charge is -2.29. The summed E-state index contributed by atoms with van der Waals surface area (Å²) in [5.74, 6) is 0.642. The number of furan rings is 1. The summed E-state index contributed by atoms with van der Waals surface area (Å²) in [6.45, 7) is 2.34. The van der Waals surface area contributed by atoms with Crippen LogP contribution in [-0.4, -0.2) is 47.2 Å². The smallest absolute Gasteiger partial charge is 0.401 e. The molecule has 2 fully saturated rings. The highest BCUT2D eigenvalue weighted by Crippen LogP contribution is 2.32. The van der Waals surface area contributed by atoms with E-state index in [9.17, 15) is 14.5 Å². The molecule has 31 heavy (non-hydrogen) atoms. The molecular weight excluding hydrogens is 405 g/mol. The van der Waals surface area contributed by atoms with E-state index in [1.807, 2.05) is 4.90 Å². The Morgan fingerprint density at radius 1 is 1.19 bits per heavy atom. The fourth-order valence-corrected chi connectivity index (χ4v) is 3.49. The largest absolute Gasteiger partial charge is 0.433 e. The van der Waals surface area contributed by atoms with Crippen molar-refractivity contribution in [2.24, 2.45) is 0 Å². The lowest BCUT2D eigenvalue weighted by atomic mass is 10.1. The lowest BCUT2D eigenvalue weighted by molar-refractivity contribution is -0.402.